The molecule has 4 heteroatoms. The number of nitrogens with one attached hydrogen (secondary N) is 1. The van der Waals surface area contributed by atoms with E-state index in [1.165, 1.54) is 18.5 Å². The fourth-order valence-corrected chi connectivity index (χ4v) is 0.658. The van der Waals surface area contributed by atoms with Gasteiger partial charge in [-0.1, -0.05) is 0 Å². The van der Waals surface area contributed by atoms with E-state index in [2.05, 4.69) is 4.98 Å². The van der Waals surface area contributed by atoms with Crippen molar-refractivity contribution >= 4 is 5.71 Å². The second-order valence-corrected chi connectivity index (χ2v) is 1.88. The van der Waals surface area contributed by atoms with Gasteiger partial charge < -0.3 is 5.11 Å². The van der Waals surface area contributed by atoms with Crippen molar-refractivity contribution in [2.75, 3.05) is 0 Å². The van der Waals surface area contributed by atoms with Gasteiger partial charge >= 0.3 is 0 Å². The molecule has 2 N–H and O–H groups in total. The Morgan fingerprint density at radius 2 is 2.45 bits per heavy atom. The number of aromatic hydroxyl groups is 1. The van der Waals surface area contributed by atoms with Crippen LogP contribution in [-0.2, 0) is 0 Å². The molecule has 1 rings (SSSR count). The number of hydrogen-bond donors (Lipinski definition) is 2. The Labute approximate surface area is 63.3 Å². The summed E-state index contributed by atoms with van der Waals surface area (Å²) in [5.74, 6) is -0.140. The Balaban J connectivity index is 3.16. The SMILES string of the molecule is N#CC(=N)c1ccncc1O. The normalized spacial score (nSPS) is 8.64. The number of pyridine rings is 1. The van der Waals surface area contributed by atoms with Gasteiger partial charge in [0.2, 0.25) is 0 Å². The molecule has 0 aliphatic rings. The van der Waals surface area contributed by atoms with Crippen LogP contribution >= 0.6 is 0 Å². The molecule has 0 amide bonds. The Kier molecular flexibility index (Phi) is 1.83. The van der Waals surface area contributed by atoms with E-state index < -0.39 is 0 Å². The third-order valence-corrected chi connectivity index (χ3v) is 1.18. The van der Waals surface area contributed by atoms with Crippen molar-refractivity contribution in [2.45, 2.75) is 0 Å². The molecule has 0 aliphatic carbocycles. The summed E-state index contributed by atoms with van der Waals surface area (Å²) < 4.78 is 0. The zero-order valence-electron chi connectivity index (χ0n) is 5.57. The highest BCUT2D eigenvalue weighted by molar-refractivity contribution is 6.10. The fraction of sp³-hybridized carbons (Fsp3) is 0. The second kappa shape index (κ2) is 2.80. The minimum absolute atomic E-state index is 0.140. The van der Waals surface area contributed by atoms with E-state index in [1.54, 1.807) is 6.07 Å². The van der Waals surface area contributed by atoms with Crippen LogP contribution in [0.1, 0.15) is 5.56 Å². The molecule has 4 nitrogen and oxygen atoms in total. The van der Waals surface area contributed by atoms with Crippen LogP contribution in [0.25, 0.3) is 0 Å². The van der Waals surface area contributed by atoms with Crippen molar-refractivity contribution in [2.24, 2.45) is 0 Å². The van der Waals surface area contributed by atoms with Crippen molar-refractivity contribution in [1.82, 2.24) is 4.98 Å². The Hall–Kier alpha value is -1.89. The lowest BCUT2D eigenvalue weighted by atomic mass is 10.2. The van der Waals surface area contributed by atoms with Crippen LogP contribution in [0.4, 0.5) is 0 Å². The van der Waals surface area contributed by atoms with Gasteiger partial charge in [-0.2, -0.15) is 5.26 Å². The van der Waals surface area contributed by atoms with Gasteiger partial charge in [-0.15, -0.1) is 0 Å². The maximum Gasteiger partial charge on any atom is 0.143 e. The van der Waals surface area contributed by atoms with Crippen molar-refractivity contribution in [3.05, 3.63) is 24.0 Å². The van der Waals surface area contributed by atoms with E-state index in [0.717, 1.165) is 0 Å². The number of nitriles is 1. The molecule has 1 aromatic rings. The number of rotatable bonds is 1. The average molecular weight is 147 g/mol. The maximum atomic E-state index is 9.06. The minimum atomic E-state index is -0.259. The highest BCUT2D eigenvalue weighted by Crippen LogP contribution is 2.13. The van der Waals surface area contributed by atoms with Crippen LogP contribution in [0, 0.1) is 16.7 Å². The molecule has 0 fully saturated rings. The molecule has 0 aliphatic heterocycles. The monoisotopic (exact) mass is 147 g/mol. The first-order valence-corrected chi connectivity index (χ1v) is 2.87. The quantitative estimate of drug-likeness (QED) is 0.573. The molecule has 0 aromatic carbocycles. The van der Waals surface area contributed by atoms with Gasteiger partial charge in [-0.25, -0.2) is 0 Å². The van der Waals surface area contributed by atoms with Crippen LogP contribution in [0.5, 0.6) is 5.75 Å². The summed E-state index contributed by atoms with van der Waals surface area (Å²) in [4.78, 5) is 3.61. The van der Waals surface area contributed by atoms with Crippen LogP contribution < -0.4 is 0 Å². The molecule has 11 heavy (non-hydrogen) atoms. The first kappa shape index (κ1) is 7.22. The molecule has 0 bridgehead atoms. The molecular weight excluding hydrogens is 142 g/mol. The van der Waals surface area contributed by atoms with Crippen LogP contribution in [0.2, 0.25) is 0 Å². The number of nitrogens with zero attached hydrogens (tertiary/aromatic N) is 2. The molecule has 0 unspecified atom stereocenters. The summed E-state index contributed by atoms with van der Waals surface area (Å²) in [5, 5.41) is 24.4. The topological polar surface area (TPSA) is 80.8 Å². The van der Waals surface area contributed by atoms with Crippen LogP contribution in [0.15, 0.2) is 18.5 Å². The summed E-state index contributed by atoms with van der Waals surface area (Å²) >= 11 is 0. The van der Waals surface area contributed by atoms with Gasteiger partial charge in [-0.05, 0) is 6.07 Å². The van der Waals surface area contributed by atoms with E-state index in [4.69, 9.17) is 15.8 Å². The molecule has 1 heterocycles. The van der Waals surface area contributed by atoms with E-state index in [0.29, 0.717) is 0 Å². The predicted octanol–water partition coefficient (Wildman–Crippen LogP) is 0.679. The van der Waals surface area contributed by atoms with Gasteiger partial charge in [0.1, 0.15) is 17.5 Å². The number of hydrogen-bond acceptors (Lipinski definition) is 4. The summed E-state index contributed by atoms with van der Waals surface area (Å²) in [5.41, 5.74) is -0.0487. The lowest BCUT2D eigenvalue weighted by Crippen LogP contribution is -1.94. The van der Waals surface area contributed by atoms with Gasteiger partial charge in [0.15, 0.2) is 0 Å². The van der Waals surface area contributed by atoms with Crippen molar-refractivity contribution < 1.29 is 5.11 Å². The van der Waals surface area contributed by atoms with Crippen LogP contribution in [0.3, 0.4) is 0 Å². The first-order valence-electron chi connectivity index (χ1n) is 2.87. The molecule has 1 aromatic heterocycles. The second-order valence-electron chi connectivity index (χ2n) is 1.88. The molecular formula is C7H5N3O. The van der Waals surface area contributed by atoms with E-state index >= 15 is 0 Å². The standard InChI is InChI=1S/C7H5N3O/c8-3-6(9)5-1-2-10-4-7(5)11/h1-2,4,9,11H. The van der Waals surface area contributed by atoms with E-state index in [-0.39, 0.29) is 17.0 Å². The van der Waals surface area contributed by atoms with Gasteiger partial charge in [0.25, 0.3) is 0 Å². The van der Waals surface area contributed by atoms with E-state index in [9.17, 15) is 0 Å². The lowest BCUT2D eigenvalue weighted by Gasteiger charge is -1.96. The molecule has 0 spiro atoms. The third-order valence-electron chi connectivity index (χ3n) is 1.18. The van der Waals surface area contributed by atoms with Gasteiger partial charge in [0.05, 0.1) is 11.8 Å². The molecule has 0 saturated heterocycles. The van der Waals surface area contributed by atoms with Crippen molar-refractivity contribution in [3.8, 4) is 11.8 Å². The summed E-state index contributed by atoms with van der Waals surface area (Å²) in [6.07, 6.45) is 2.61. The highest BCUT2D eigenvalue weighted by Gasteiger charge is 2.04. The third kappa shape index (κ3) is 1.33. The van der Waals surface area contributed by atoms with Gasteiger partial charge in [0, 0.05) is 6.20 Å². The zero-order chi connectivity index (χ0) is 8.27. The molecule has 0 radical (unpaired) electrons. The largest absolute Gasteiger partial charge is 0.506 e. The van der Waals surface area contributed by atoms with Gasteiger partial charge in [-0.3, -0.25) is 10.4 Å². The Bertz CT molecular complexity index is 327. The summed E-state index contributed by atoms with van der Waals surface area (Å²) in [7, 11) is 0. The smallest absolute Gasteiger partial charge is 0.143 e. The number of aromatic nitrogens is 1. The fourth-order valence-electron chi connectivity index (χ4n) is 0.658. The molecule has 0 atom stereocenters. The lowest BCUT2D eigenvalue weighted by molar-refractivity contribution is 0.471. The molecule has 54 valence electrons. The Morgan fingerprint density at radius 1 is 1.73 bits per heavy atom. The van der Waals surface area contributed by atoms with Crippen molar-refractivity contribution in [3.63, 3.8) is 0 Å². The summed E-state index contributed by atoms with van der Waals surface area (Å²) in [6.45, 7) is 0. The molecule has 0 saturated carbocycles. The average Bonchev–Trinajstić information content (AvgIpc) is 2.04. The minimum Gasteiger partial charge on any atom is -0.506 e. The predicted molar refractivity (Wildman–Crippen MR) is 38.3 cm³/mol. The van der Waals surface area contributed by atoms with E-state index in [1.807, 2.05) is 0 Å². The maximum absolute atomic E-state index is 9.06. The first-order chi connectivity index (χ1) is 5.25. The zero-order valence-corrected chi connectivity index (χ0v) is 5.57. The highest BCUT2D eigenvalue weighted by atomic mass is 16.3. The Morgan fingerprint density at radius 3 is 3.00 bits per heavy atom. The summed E-state index contributed by atoms with van der Waals surface area (Å²) in [6, 6.07) is 3.04. The van der Waals surface area contributed by atoms with Crippen molar-refractivity contribution in [1.29, 1.82) is 10.7 Å². The van der Waals surface area contributed by atoms with Crippen LogP contribution in [-0.4, -0.2) is 15.8 Å².